The van der Waals surface area contributed by atoms with Gasteiger partial charge in [0.25, 0.3) is 0 Å². The van der Waals surface area contributed by atoms with E-state index in [0.717, 1.165) is 0 Å². The van der Waals surface area contributed by atoms with E-state index in [-0.39, 0.29) is 5.54 Å². The molecule has 0 aromatic carbocycles. The Kier molecular flexibility index (Phi) is 5.51. The lowest BCUT2D eigenvalue weighted by atomic mass is 9.97. The molecular weight excluding hydrogens is 148 g/mol. The van der Waals surface area contributed by atoms with E-state index in [1.807, 2.05) is 20.8 Å². The molecule has 1 aliphatic carbocycles. The quantitative estimate of drug-likeness (QED) is 0.587. The van der Waals surface area contributed by atoms with E-state index < -0.39 is 0 Å². The van der Waals surface area contributed by atoms with Crippen LogP contribution in [0.2, 0.25) is 0 Å². The molecule has 0 aliphatic heterocycles. The topological polar surface area (TPSA) is 52.0 Å². The van der Waals surface area contributed by atoms with Crippen LogP contribution in [0.5, 0.6) is 0 Å². The zero-order valence-corrected chi connectivity index (χ0v) is 8.77. The maximum atomic E-state index is 5.63. The van der Waals surface area contributed by atoms with Gasteiger partial charge in [0.15, 0.2) is 0 Å². The monoisotopic (exact) mass is 172 g/mol. The Labute approximate surface area is 76.7 Å². The minimum atomic E-state index is 0. The highest BCUT2D eigenvalue weighted by molar-refractivity contribution is 4.66. The maximum Gasteiger partial charge on any atom is 0.00686 e. The predicted molar refractivity (Wildman–Crippen MR) is 55.0 cm³/mol. The molecule has 0 saturated heterocycles. The van der Waals surface area contributed by atoms with Gasteiger partial charge in [-0.25, -0.2) is 0 Å². The van der Waals surface area contributed by atoms with Gasteiger partial charge in [-0.3, -0.25) is 0 Å². The van der Waals surface area contributed by atoms with Gasteiger partial charge in [0.1, 0.15) is 0 Å². The molecular formula is C10H24N2. The Morgan fingerprint density at radius 2 is 1.33 bits per heavy atom. The van der Waals surface area contributed by atoms with Crippen LogP contribution in [0.15, 0.2) is 0 Å². The molecule has 0 aromatic heterocycles. The number of rotatable bonds is 0. The van der Waals surface area contributed by atoms with Gasteiger partial charge >= 0.3 is 0 Å². The van der Waals surface area contributed by atoms with Crippen molar-refractivity contribution in [2.75, 3.05) is 0 Å². The first-order valence-corrected chi connectivity index (χ1v) is 4.94. The van der Waals surface area contributed by atoms with E-state index in [1.54, 1.807) is 0 Å². The van der Waals surface area contributed by atoms with Crippen LogP contribution >= 0.6 is 0 Å². The van der Waals surface area contributed by atoms with Crippen molar-refractivity contribution in [3.05, 3.63) is 0 Å². The van der Waals surface area contributed by atoms with Gasteiger partial charge in [-0.05, 0) is 33.6 Å². The first-order valence-electron chi connectivity index (χ1n) is 4.94. The zero-order valence-electron chi connectivity index (χ0n) is 8.77. The summed E-state index contributed by atoms with van der Waals surface area (Å²) in [5, 5.41) is 0. The van der Waals surface area contributed by atoms with Crippen molar-refractivity contribution in [3.63, 3.8) is 0 Å². The second-order valence-corrected chi connectivity index (χ2v) is 4.76. The molecule has 0 spiro atoms. The summed E-state index contributed by atoms with van der Waals surface area (Å²) in [5.41, 5.74) is 11.0. The number of hydrogen-bond donors (Lipinski definition) is 2. The largest absolute Gasteiger partial charge is 0.328 e. The van der Waals surface area contributed by atoms with Crippen molar-refractivity contribution >= 4 is 0 Å². The van der Waals surface area contributed by atoms with Crippen LogP contribution in [-0.4, -0.2) is 11.6 Å². The Morgan fingerprint density at radius 1 is 1.00 bits per heavy atom. The molecule has 0 radical (unpaired) electrons. The van der Waals surface area contributed by atoms with Gasteiger partial charge in [-0.15, -0.1) is 0 Å². The fraction of sp³-hybridized carbons (Fsp3) is 1.00. The molecule has 74 valence electrons. The van der Waals surface area contributed by atoms with E-state index in [4.69, 9.17) is 11.5 Å². The fourth-order valence-corrected chi connectivity index (χ4v) is 1.13. The molecule has 0 amide bonds. The van der Waals surface area contributed by atoms with E-state index in [9.17, 15) is 0 Å². The molecule has 1 aliphatic rings. The van der Waals surface area contributed by atoms with Gasteiger partial charge in [0.2, 0.25) is 0 Å². The number of hydrogen-bond acceptors (Lipinski definition) is 2. The van der Waals surface area contributed by atoms with Crippen LogP contribution in [0.1, 0.15) is 52.9 Å². The lowest BCUT2D eigenvalue weighted by molar-refractivity contribution is 0.441. The van der Waals surface area contributed by atoms with E-state index in [2.05, 4.69) is 0 Å². The Bertz CT molecular complexity index is 92.9. The molecule has 0 bridgehead atoms. The van der Waals surface area contributed by atoms with Gasteiger partial charge < -0.3 is 11.5 Å². The van der Waals surface area contributed by atoms with Gasteiger partial charge in [-0.2, -0.15) is 0 Å². The molecule has 0 aromatic rings. The van der Waals surface area contributed by atoms with Crippen molar-refractivity contribution in [1.29, 1.82) is 0 Å². The maximum absolute atomic E-state index is 5.63. The summed E-state index contributed by atoms with van der Waals surface area (Å²) in [5.74, 6) is 0. The standard InChI is InChI=1S/C6H13N.C4H11N/c7-6-4-2-1-3-5-6;1-4(2,3)5/h6H,1-5,7H2;5H2,1-3H3. The van der Waals surface area contributed by atoms with Crippen molar-refractivity contribution in [1.82, 2.24) is 0 Å². The minimum Gasteiger partial charge on any atom is -0.328 e. The minimum absolute atomic E-state index is 0. The fourth-order valence-electron chi connectivity index (χ4n) is 1.13. The summed E-state index contributed by atoms with van der Waals surface area (Å²) in [4.78, 5) is 0. The zero-order chi connectivity index (χ0) is 9.61. The summed E-state index contributed by atoms with van der Waals surface area (Å²) in [7, 11) is 0. The van der Waals surface area contributed by atoms with Crippen LogP contribution in [0.3, 0.4) is 0 Å². The molecule has 2 heteroatoms. The third-order valence-electron chi connectivity index (χ3n) is 1.65. The van der Waals surface area contributed by atoms with Crippen LogP contribution in [0, 0.1) is 0 Å². The summed E-state index contributed by atoms with van der Waals surface area (Å²) in [6.45, 7) is 5.90. The van der Waals surface area contributed by atoms with Crippen molar-refractivity contribution in [3.8, 4) is 0 Å². The highest BCUT2D eigenvalue weighted by Gasteiger charge is 2.06. The highest BCUT2D eigenvalue weighted by Crippen LogP contribution is 2.14. The van der Waals surface area contributed by atoms with Crippen molar-refractivity contribution in [2.24, 2.45) is 11.5 Å². The smallest absolute Gasteiger partial charge is 0.00686 e. The third kappa shape index (κ3) is 12.6. The van der Waals surface area contributed by atoms with Crippen molar-refractivity contribution < 1.29 is 0 Å². The van der Waals surface area contributed by atoms with Crippen LogP contribution in [0.25, 0.3) is 0 Å². The Hall–Kier alpha value is -0.0800. The number of nitrogens with two attached hydrogens (primary N) is 2. The summed E-state index contributed by atoms with van der Waals surface area (Å²) in [6, 6.07) is 0.536. The van der Waals surface area contributed by atoms with Gasteiger partial charge in [0.05, 0.1) is 0 Å². The summed E-state index contributed by atoms with van der Waals surface area (Å²) >= 11 is 0. The first kappa shape index (κ1) is 11.9. The normalized spacial score (nSPS) is 19.8. The van der Waals surface area contributed by atoms with E-state index in [1.165, 1.54) is 32.1 Å². The molecule has 1 fully saturated rings. The second-order valence-electron chi connectivity index (χ2n) is 4.76. The average Bonchev–Trinajstić information content (AvgIpc) is 1.85. The SMILES string of the molecule is CC(C)(C)N.NC1CCCCC1. The second kappa shape index (κ2) is 5.55. The van der Waals surface area contributed by atoms with Gasteiger partial charge in [-0.1, -0.05) is 19.3 Å². The highest BCUT2D eigenvalue weighted by atomic mass is 14.7. The molecule has 0 heterocycles. The molecule has 1 saturated carbocycles. The van der Waals surface area contributed by atoms with Gasteiger partial charge in [0, 0.05) is 11.6 Å². The van der Waals surface area contributed by atoms with Crippen LogP contribution in [-0.2, 0) is 0 Å². The lowest BCUT2D eigenvalue weighted by Gasteiger charge is -2.15. The average molecular weight is 172 g/mol. The molecule has 4 N–H and O–H groups in total. The molecule has 1 rings (SSSR count). The van der Waals surface area contributed by atoms with Crippen molar-refractivity contribution in [2.45, 2.75) is 64.5 Å². The predicted octanol–water partition coefficient (Wildman–Crippen LogP) is 2.02. The Balaban J connectivity index is 0.000000217. The Morgan fingerprint density at radius 3 is 1.50 bits per heavy atom. The third-order valence-corrected chi connectivity index (χ3v) is 1.65. The molecule has 0 unspecified atom stereocenters. The van der Waals surface area contributed by atoms with E-state index in [0.29, 0.717) is 6.04 Å². The first-order chi connectivity index (χ1) is 5.39. The van der Waals surface area contributed by atoms with Crippen LogP contribution < -0.4 is 11.5 Å². The summed E-state index contributed by atoms with van der Waals surface area (Å²) in [6.07, 6.45) is 6.66. The molecule has 0 atom stereocenters. The van der Waals surface area contributed by atoms with E-state index >= 15 is 0 Å². The van der Waals surface area contributed by atoms with Crippen LogP contribution in [0.4, 0.5) is 0 Å². The lowest BCUT2D eigenvalue weighted by Crippen LogP contribution is -2.26. The molecule has 12 heavy (non-hydrogen) atoms. The summed E-state index contributed by atoms with van der Waals surface area (Å²) < 4.78 is 0. The molecule has 2 nitrogen and oxygen atoms in total.